The molecule has 310 valence electrons. The van der Waals surface area contributed by atoms with Crippen LogP contribution in [0, 0.1) is 31.1 Å². The van der Waals surface area contributed by atoms with Crippen LogP contribution in [0.5, 0.6) is 11.5 Å². The predicted octanol–water partition coefficient (Wildman–Crippen LogP) is 14.9. The average Bonchev–Trinajstić information content (AvgIpc) is 3.80. The fourth-order valence-corrected chi connectivity index (χ4v) is 9.33. The molecule has 1 aliphatic carbocycles. The van der Waals surface area contributed by atoms with E-state index in [4.69, 9.17) is 9.72 Å². The zero-order chi connectivity index (χ0) is 41.2. The van der Waals surface area contributed by atoms with Gasteiger partial charge in [0.1, 0.15) is 5.82 Å². The van der Waals surface area contributed by atoms with Crippen molar-refractivity contribution in [3.8, 4) is 28.4 Å². The molecule has 1 saturated carbocycles. The van der Waals surface area contributed by atoms with E-state index in [-0.39, 0.29) is 26.5 Å². The topological polar surface area (TPSA) is 33.5 Å². The van der Waals surface area contributed by atoms with E-state index in [0.29, 0.717) is 22.8 Å². The van der Waals surface area contributed by atoms with Crippen molar-refractivity contribution in [1.29, 1.82) is 0 Å². The van der Waals surface area contributed by atoms with Gasteiger partial charge in [0.05, 0.1) is 0 Å². The quantitative estimate of drug-likeness (QED) is 0.149. The Hall–Kier alpha value is -5.64. The van der Waals surface area contributed by atoms with Gasteiger partial charge in [-0.2, -0.15) is 6.07 Å². The molecule has 2 aliphatic rings. The molecule has 1 fully saturated rings. The second-order valence-corrected chi connectivity index (χ2v) is 18.5. The van der Waals surface area contributed by atoms with E-state index in [2.05, 4.69) is 190 Å². The van der Waals surface area contributed by atoms with Crippen LogP contribution in [0.2, 0.25) is 0 Å². The van der Waals surface area contributed by atoms with E-state index in [1.54, 1.807) is 0 Å². The molecule has 0 spiro atoms. The summed E-state index contributed by atoms with van der Waals surface area (Å²) < 4.78 is 9.15. The second-order valence-electron chi connectivity index (χ2n) is 18.5. The molecule has 1 aliphatic heterocycles. The molecule has 6 aromatic carbocycles. The molecule has 5 nitrogen and oxygen atoms in total. The summed E-state index contributed by atoms with van der Waals surface area (Å²) >= 11 is 0. The number of aryl methyl sites for hydroxylation is 1. The number of anilines is 4. The number of aromatic nitrogens is 2. The van der Waals surface area contributed by atoms with Gasteiger partial charge in [-0.1, -0.05) is 112 Å². The summed E-state index contributed by atoms with van der Waals surface area (Å²) in [6, 6.07) is 54.8. The third-order valence-corrected chi connectivity index (χ3v) is 12.8. The van der Waals surface area contributed by atoms with Gasteiger partial charge in [0, 0.05) is 61.3 Å². The van der Waals surface area contributed by atoms with Crippen LogP contribution >= 0.6 is 0 Å². The van der Waals surface area contributed by atoms with Crippen LogP contribution in [0.15, 0.2) is 140 Å². The Morgan fingerprint density at radius 2 is 1.44 bits per heavy atom. The maximum atomic E-state index is 6.89. The minimum atomic E-state index is -0.0429. The number of hydrogen-bond acceptors (Lipinski definition) is 4. The smallest absolute Gasteiger partial charge is 0.135 e. The Kier molecular flexibility index (Phi) is 10.7. The van der Waals surface area contributed by atoms with Crippen LogP contribution in [0.25, 0.3) is 38.8 Å². The van der Waals surface area contributed by atoms with Crippen LogP contribution in [0.3, 0.4) is 0 Å². The summed E-state index contributed by atoms with van der Waals surface area (Å²) in [5.74, 6) is 2.69. The largest absolute Gasteiger partial charge is 0.509 e. The maximum absolute atomic E-state index is 6.89. The Morgan fingerprint density at radius 3 is 2.20 bits per heavy atom. The number of hydrogen-bond donors (Lipinski definition) is 0. The minimum Gasteiger partial charge on any atom is -0.509 e. The normalized spacial score (nSPS) is 15.2. The fraction of sp³-hybridized carbons (Fsp3) is 0.236. The first-order chi connectivity index (χ1) is 29.0. The predicted molar refractivity (Wildman–Crippen MR) is 248 cm³/mol. The van der Waals surface area contributed by atoms with Crippen molar-refractivity contribution in [3.63, 3.8) is 0 Å². The van der Waals surface area contributed by atoms with Gasteiger partial charge in [-0.3, -0.25) is 0 Å². The molecule has 2 aromatic heterocycles. The van der Waals surface area contributed by atoms with Gasteiger partial charge in [0.15, 0.2) is 0 Å². The van der Waals surface area contributed by atoms with Crippen LogP contribution in [-0.4, -0.2) is 9.55 Å². The first-order valence-corrected chi connectivity index (χ1v) is 21.4. The molecule has 3 heterocycles. The Bertz CT molecular complexity index is 2880. The Balaban J connectivity index is 0.00000476. The van der Waals surface area contributed by atoms with Crippen molar-refractivity contribution >= 4 is 44.6 Å². The zero-order valence-corrected chi connectivity index (χ0v) is 38.0. The number of nitrogens with zero attached hydrogens (tertiary/aromatic N) is 4. The van der Waals surface area contributed by atoms with Crippen molar-refractivity contribution in [2.24, 2.45) is 5.41 Å². The fourth-order valence-electron chi connectivity index (χ4n) is 9.33. The standard InChI is InChI=1S/C55H51N4O.Pt/c1-37-31-39(38-25-28-55(5,6)29-26-38)23-24-45(37)47-34-44(35-51-53(47)46-19-10-11-20-48(46)59(51)52-32-40(27-30-56-52)54(2,3)4)60-43-18-14-17-42(33-43)58-36-57(41-15-8-7-9-16-41)49-21-12-13-22-50(49)58;/h7-24,27,30-32,34,36,38H,25-26,28-29H2,1-6H3;/q-3;. The monoisotopic (exact) mass is 978 g/mol. The van der Waals surface area contributed by atoms with Gasteiger partial charge in [-0.05, 0) is 119 Å². The summed E-state index contributed by atoms with van der Waals surface area (Å²) in [6.07, 6.45) is 6.94. The molecular weight excluding hydrogens is 928 g/mol. The van der Waals surface area contributed by atoms with Crippen LogP contribution in [-0.2, 0) is 26.5 Å². The number of pyridine rings is 1. The van der Waals surface area contributed by atoms with Crippen LogP contribution in [0.4, 0.5) is 22.7 Å². The van der Waals surface area contributed by atoms with Crippen molar-refractivity contribution in [2.45, 2.75) is 78.6 Å². The molecule has 0 N–H and O–H groups in total. The third kappa shape index (κ3) is 7.67. The molecule has 61 heavy (non-hydrogen) atoms. The minimum absolute atomic E-state index is 0. The molecule has 8 aromatic rings. The zero-order valence-electron chi connectivity index (χ0n) is 35.8. The molecule has 0 amide bonds. The summed E-state index contributed by atoms with van der Waals surface area (Å²) in [7, 11) is 0. The van der Waals surface area contributed by atoms with E-state index in [0.717, 1.165) is 55.9 Å². The van der Waals surface area contributed by atoms with Crippen LogP contribution in [0.1, 0.15) is 82.9 Å². The van der Waals surface area contributed by atoms with E-state index in [9.17, 15) is 0 Å². The number of benzene rings is 6. The summed E-state index contributed by atoms with van der Waals surface area (Å²) in [5, 5.41) is 2.30. The number of rotatable bonds is 7. The van der Waals surface area contributed by atoms with Crippen molar-refractivity contribution in [3.05, 3.63) is 175 Å². The first-order valence-electron chi connectivity index (χ1n) is 21.4. The molecule has 10 rings (SSSR count). The van der Waals surface area contributed by atoms with E-state index < -0.39 is 0 Å². The molecule has 6 heteroatoms. The van der Waals surface area contributed by atoms with Gasteiger partial charge < -0.3 is 19.1 Å². The van der Waals surface area contributed by atoms with Gasteiger partial charge in [-0.15, -0.1) is 48.3 Å². The molecule has 0 atom stereocenters. The Labute approximate surface area is 375 Å². The van der Waals surface area contributed by atoms with Gasteiger partial charge in [0.25, 0.3) is 0 Å². The summed E-state index contributed by atoms with van der Waals surface area (Å²) in [6.45, 7) is 16.0. The first kappa shape index (κ1) is 40.7. The molecule has 0 bridgehead atoms. The van der Waals surface area contributed by atoms with Crippen molar-refractivity contribution in [1.82, 2.24) is 9.55 Å². The van der Waals surface area contributed by atoms with Gasteiger partial charge >= 0.3 is 0 Å². The number of para-hydroxylation sites is 4. The van der Waals surface area contributed by atoms with Crippen molar-refractivity contribution < 1.29 is 25.8 Å². The Morgan fingerprint density at radius 1 is 0.721 bits per heavy atom. The maximum Gasteiger partial charge on any atom is 0.135 e. The van der Waals surface area contributed by atoms with E-state index in [1.807, 2.05) is 24.4 Å². The molecule has 0 saturated heterocycles. The average molecular weight is 979 g/mol. The van der Waals surface area contributed by atoms with Crippen LogP contribution < -0.4 is 14.5 Å². The molecule has 0 radical (unpaired) electrons. The van der Waals surface area contributed by atoms with Gasteiger partial charge in [0.2, 0.25) is 0 Å². The third-order valence-electron chi connectivity index (χ3n) is 12.8. The number of fused-ring (bicyclic) bond motifs is 4. The summed E-state index contributed by atoms with van der Waals surface area (Å²) in [4.78, 5) is 9.38. The SMILES string of the molecule is Cc1cc(C2CCC(C)(C)CC2)ccc1-c1cc(Oc2[c-]c(N3[CH-]N(c4ccccc4)c4ccccc43)ccc2)[c-]c2c1c1ccccc1n2-c1cc(C(C)(C)C)ccn1.[Pt]. The number of ether oxygens (including phenoxy) is 1. The summed E-state index contributed by atoms with van der Waals surface area (Å²) in [5.41, 5.74) is 12.8. The van der Waals surface area contributed by atoms with E-state index >= 15 is 0 Å². The molecular formula is C55H51N4OPt-3. The van der Waals surface area contributed by atoms with Crippen molar-refractivity contribution in [2.75, 3.05) is 9.80 Å². The van der Waals surface area contributed by atoms with E-state index in [1.165, 1.54) is 47.9 Å². The second kappa shape index (κ2) is 16.0. The molecule has 0 unspecified atom stereocenters. The van der Waals surface area contributed by atoms with Gasteiger partial charge in [-0.25, -0.2) is 4.98 Å².